The van der Waals surface area contributed by atoms with Crippen molar-refractivity contribution in [2.45, 2.75) is 6.92 Å². The highest BCUT2D eigenvalue weighted by Gasteiger charge is 2.06. The number of halogens is 2. The van der Waals surface area contributed by atoms with Gasteiger partial charge in [0.2, 0.25) is 0 Å². The van der Waals surface area contributed by atoms with Crippen LogP contribution in [0.2, 0.25) is 5.02 Å². The Kier molecular flexibility index (Phi) is 2.84. The molecule has 2 N–H and O–H groups in total. The fourth-order valence-electron chi connectivity index (χ4n) is 1.68. The highest BCUT2D eigenvalue weighted by atomic mass is 35.5. The van der Waals surface area contributed by atoms with E-state index in [4.69, 9.17) is 17.3 Å². The molecule has 0 aliphatic carbocycles. The first kappa shape index (κ1) is 11.0. The van der Waals surface area contributed by atoms with Gasteiger partial charge in [-0.3, -0.25) is 0 Å². The van der Waals surface area contributed by atoms with E-state index >= 15 is 0 Å². The summed E-state index contributed by atoms with van der Waals surface area (Å²) < 4.78 is 13.2. The molecule has 16 heavy (non-hydrogen) atoms. The molecule has 2 aromatic carbocycles. The predicted molar refractivity (Wildman–Crippen MR) is 66.0 cm³/mol. The van der Waals surface area contributed by atoms with Crippen LogP contribution in [0.15, 0.2) is 36.4 Å². The molecule has 0 radical (unpaired) electrons. The van der Waals surface area contributed by atoms with Crippen LogP contribution in [-0.4, -0.2) is 0 Å². The lowest BCUT2D eigenvalue weighted by atomic mass is 9.99. The Morgan fingerprint density at radius 1 is 1.19 bits per heavy atom. The smallest absolute Gasteiger partial charge is 0.125 e. The Labute approximate surface area is 98.7 Å². The zero-order valence-corrected chi connectivity index (χ0v) is 9.55. The van der Waals surface area contributed by atoms with Gasteiger partial charge in [0, 0.05) is 10.7 Å². The molecule has 0 bridgehead atoms. The Morgan fingerprint density at radius 2 is 1.94 bits per heavy atom. The number of anilines is 1. The van der Waals surface area contributed by atoms with Gasteiger partial charge in [0.05, 0.1) is 0 Å². The van der Waals surface area contributed by atoms with Gasteiger partial charge in [-0.05, 0) is 47.9 Å². The van der Waals surface area contributed by atoms with Crippen LogP contribution in [0.5, 0.6) is 0 Å². The minimum absolute atomic E-state index is 0.343. The second kappa shape index (κ2) is 4.14. The van der Waals surface area contributed by atoms with Crippen molar-refractivity contribution in [3.63, 3.8) is 0 Å². The van der Waals surface area contributed by atoms with Gasteiger partial charge in [-0.1, -0.05) is 23.7 Å². The monoisotopic (exact) mass is 235 g/mol. The van der Waals surface area contributed by atoms with E-state index in [1.54, 1.807) is 6.07 Å². The third kappa shape index (κ3) is 2.02. The van der Waals surface area contributed by atoms with Crippen LogP contribution < -0.4 is 5.73 Å². The molecule has 0 atom stereocenters. The molecule has 0 aliphatic rings. The van der Waals surface area contributed by atoms with E-state index in [2.05, 4.69) is 0 Å². The highest BCUT2D eigenvalue weighted by Crippen LogP contribution is 2.29. The summed E-state index contributed by atoms with van der Waals surface area (Å²) in [5.74, 6) is -0.343. The molecule has 0 saturated carbocycles. The fraction of sp³-hybridized carbons (Fsp3) is 0.0769. The van der Waals surface area contributed by atoms with E-state index in [-0.39, 0.29) is 5.82 Å². The third-order valence-corrected chi connectivity index (χ3v) is 2.77. The van der Waals surface area contributed by atoms with E-state index < -0.39 is 0 Å². The number of nitrogens with two attached hydrogens (primary N) is 1. The molecule has 0 heterocycles. The van der Waals surface area contributed by atoms with Crippen molar-refractivity contribution >= 4 is 17.3 Å². The Balaban J connectivity index is 2.63. The van der Waals surface area contributed by atoms with E-state index in [0.29, 0.717) is 10.7 Å². The van der Waals surface area contributed by atoms with Gasteiger partial charge in [-0.25, -0.2) is 4.39 Å². The van der Waals surface area contributed by atoms with Crippen molar-refractivity contribution in [2.24, 2.45) is 0 Å². The molecule has 0 spiro atoms. The van der Waals surface area contributed by atoms with E-state index in [1.807, 2.05) is 25.1 Å². The molecule has 2 rings (SSSR count). The zero-order valence-electron chi connectivity index (χ0n) is 8.80. The topological polar surface area (TPSA) is 26.0 Å². The molecular formula is C13H11ClFN. The van der Waals surface area contributed by atoms with Gasteiger partial charge in [0.25, 0.3) is 0 Å². The first-order chi connectivity index (χ1) is 7.58. The molecule has 3 heteroatoms. The van der Waals surface area contributed by atoms with Gasteiger partial charge >= 0.3 is 0 Å². The van der Waals surface area contributed by atoms with Crippen molar-refractivity contribution in [3.05, 3.63) is 52.8 Å². The summed E-state index contributed by atoms with van der Waals surface area (Å²) in [5, 5.41) is 0.386. The summed E-state index contributed by atoms with van der Waals surface area (Å²) in [5.41, 5.74) is 9.08. The van der Waals surface area contributed by atoms with Crippen LogP contribution >= 0.6 is 11.6 Å². The van der Waals surface area contributed by atoms with Crippen molar-refractivity contribution in [1.82, 2.24) is 0 Å². The Morgan fingerprint density at radius 3 is 2.62 bits per heavy atom. The Hall–Kier alpha value is -1.54. The fourth-order valence-corrected chi connectivity index (χ4v) is 1.90. The molecule has 0 aromatic heterocycles. The van der Waals surface area contributed by atoms with Gasteiger partial charge in [-0.2, -0.15) is 0 Å². The summed E-state index contributed by atoms with van der Waals surface area (Å²) in [4.78, 5) is 0. The number of rotatable bonds is 1. The molecule has 0 saturated heterocycles. The highest BCUT2D eigenvalue weighted by molar-refractivity contribution is 6.30. The number of hydrogen-bond acceptors (Lipinski definition) is 1. The maximum Gasteiger partial charge on any atom is 0.125 e. The van der Waals surface area contributed by atoms with Crippen LogP contribution in [0.3, 0.4) is 0 Å². The molecule has 0 fully saturated rings. The van der Waals surface area contributed by atoms with Gasteiger partial charge < -0.3 is 5.73 Å². The van der Waals surface area contributed by atoms with Gasteiger partial charge in [0.1, 0.15) is 5.82 Å². The first-order valence-electron chi connectivity index (χ1n) is 4.89. The average molecular weight is 236 g/mol. The number of benzene rings is 2. The zero-order chi connectivity index (χ0) is 11.7. The van der Waals surface area contributed by atoms with Gasteiger partial charge in [0.15, 0.2) is 0 Å². The van der Waals surface area contributed by atoms with E-state index in [9.17, 15) is 4.39 Å². The minimum atomic E-state index is -0.343. The van der Waals surface area contributed by atoms with Gasteiger partial charge in [-0.15, -0.1) is 0 Å². The lowest BCUT2D eigenvalue weighted by molar-refractivity contribution is 0.628. The van der Waals surface area contributed by atoms with Crippen molar-refractivity contribution in [3.8, 4) is 11.1 Å². The molecule has 1 nitrogen and oxygen atoms in total. The van der Waals surface area contributed by atoms with Crippen molar-refractivity contribution < 1.29 is 4.39 Å². The maximum absolute atomic E-state index is 13.2. The summed E-state index contributed by atoms with van der Waals surface area (Å²) in [6.45, 7) is 1.91. The maximum atomic E-state index is 13.2. The van der Waals surface area contributed by atoms with Crippen LogP contribution in [0.25, 0.3) is 11.1 Å². The lowest BCUT2D eigenvalue weighted by Crippen LogP contribution is -1.92. The molecule has 0 unspecified atom stereocenters. The molecule has 0 amide bonds. The second-order valence-electron chi connectivity index (χ2n) is 3.68. The minimum Gasteiger partial charge on any atom is -0.398 e. The van der Waals surface area contributed by atoms with Crippen LogP contribution in [-0.2, 0) is 0 Å². The third-order valence-electron chi connectivity index (χ3n) is 2.55. The number of nitrogen functional groups attached to an aromatic ring is 1. The second-order valence-corrected chi connectivity index (χ2v) is 4.11. The number of hydrogen-bond donors (Lipinski definition) is 1. The van der Waals surface area contributed by atoms with Crippen LogP contribution in [0.1, 0.15) is 5.56 Å². The normalized spacial score (nSPS) is 10.4. The van der Waals surface area contributed by atoms with Crippen LogP contribution in [0.4, 0.5) is 10.1 Å². The van der Waals surface area contributed by atoms with E-state index in [1.165, 1.54) is 12.1 Å². The van der Waals surface area contributed by atoms with Crippen molar-refractivity contribution in [1.29, 1.82) is 0 Å². The molecular weight excluding hydrogens is 225 g/mol. The molecule has 0 aliphatic heterocycles. The quantitative estimate of drug-likeness (QED) is 0.742. The lowest BCUT2D eigenvalue weighted by Gasteiger charge is -2.09. The van der Waals surface area contributed by atoms with Crippen LogP contribution in [0, 0.1) is 12.7 Å². The molecule has 2 aromatic rings. The first-order valence-corrected chi connectivity index (χ1v) is 5.27. The summed E-state index contributed by atoms with van der Waals surface area (Å²) in [6.07, 6.45) is 0. The Bertz CT molecular complexity index is 517. The summed E-state index contributed by atoms with van der Waals surface area (Å²) >= 11 is 5.82. The molecule has 82 valence electrons. The SMILES string of the molecule is Cc1c(N)cccc1-c1cc(F)cc(Cl)c1. The largest absolute Gasteiger partial charge is 0.398 e. The summed E-state index contributed by atoms with van der Waals surface area (Å²) in [6, 6.07) is 10.0. The average Bonchev–Trinajstić information content (AvgIpc) is 2.20. The van der Waals surface area contributed by atoms with Crippen molar-refractivity contribution in [2.75, 3.05) is 5.73 Å². The standard InChI is InChI=1S/C13H11ClFN/c1-8-12(3-2-4-13(8)16)9-5-10(14)7-11(15)6-9/h2-7H,16H2,1H3. The summed E-state index contributed by atoms with van der Waals surface area (Å²) in [7, 11) is 0. The van der Waals surface area contributed by atoms with E-state index in [0.717, 1.165) is 16.7 Å². The predicted octanol–water partition coefficient (Wildman–Crippen LogP) is 4.04.